The third-order valence-corrected chi connectivity index (χ3v) is 5.42. The number of carbonyl (C=O) groups excluding carboxylic acids is 1. The molecule has 2 aliphatic rings. The zero-order valence-electron chi connectivity index (χ0n) is 15.6. The average molecular weight is 421 g/mol. The van der Waals surface area contributed by atoms with Gasteiger partial charge >= 0.3 is 18.4 Å². The van der Waals surface area contributed by atoms with Gasteiger partial charge in [0.2, 0.25) is 0 Å². The number of ether oxygens (including phenoxy) is 2. The van der Waals surface area contributed by atoms with E-state index in [1.807, 2.05) is 48.5 Å². The molecule has 1 heterocycles. The highest BCUT2D eigenvalue weighted by Crippen LogP contribution is 2.44. The lowest BCUT2D eigenvalue weighted by Crippen LogP contribution is -2.41. The van der Waals surface area contributed by atoms with E-state index in [0.717, 1.165) is 27.2 Å². The standard InChI is InChI=1S/C21H18F3NO5/c22-21(23,24)30-12-9-18(19(26)27)25(10-12)20(28)29-11-17-15-7-3-1-5-13(15)14-6-2-4-8-16(14)17/h1-8,12,17-18H,9-11H2,(H,26,27)/t12-,18+/m0/s1. The summed E-state index contributed by atoms with van der Waals surface area (Å²) >= 11 is 0. The number of aliphatic carboxylic acids is 1. The van der Waals surface area contributed by atoms with Crippen LogP contribution in [0.2, 0.25) is 0 Å². The Kier molecular flexibility index (Phi) is 5.15. The number of rotatable bonds is 4. The van der Waals surface area contributed by atoms with Gasteiger partial charge in [0.1, 0.15) is 12.6 Å². The van der Waals surface area contributed by atoms with Crippen LogP contribution in [0.5, 0.6) is 0 Å². The fraction of sp³-hybridized carbons (Fsp3) is 0.333. The molecule has 6 nitrogen and oxygen atoms in total. The summed E-state index contributed by atoms with van der Waals surface area (Å²) < 4.78 is 46.8. The van der Waals surface area contributed by atoms with Crippen molar-refractivity contribution in [1.29, 1.82) is 0 Å². The average Bonchev–Trinajstić information content (AvgIpc) is 3.24. The molecule has 0 bridgehead atoms. The normalized spacial score (nSPS) is 20.7. The van der Waals surface area contributed by atoms with E-state index in [-0.39, 0.29) is 12.5 Å². The predicted octanol–water partition coefficient (Wildman–Crippen LogP) is 4.00. The van der Waals surface area contributed by atoms with E-state index in [9.17, 15) is 27.9 Å². The van der Waals surface area contributed by atoms with Gasteiger partial charge in [-0.15, -0.1) is 13.2 Å². The Hall–Kier alpha value is -3.07. The van der Waals surface area contributed by atoms with Crippen LogP contribution in [0.1, 0.15) is 23.5 Å². The second-order valence-corrected chi connectivity index (χ2v) is 7.23. The highest BCUT2D eigenvalue weighted by atomic mass is 19.4. The fourth-order valence-electron chi connectivity index (χ4n) is 4.18. The van der Waals surface area contributed by atoms with Crippen molar-refractivity contribution in [1.82, 2.24) is 4.90 Å². The topological polar surface area (TPSA) is 76.1 Å². The Labute approximate surface area is 169 Å². The summed E-state index contributed by atoms with van der Waals surface area (Å²) in [6.07, 6.45) is -7.80. The van der Waals surface area contributed by atoms with Crippen LogP contribution < -0.4 is 0 Å². The molecule has 0 unspecified atom stereocenters. The summed E-state index contributed by atoms with van der Waals surface area (Å²) in [4.78, 5) is 24.8. The summed E-state index contributed by atoms with van der Waals surface area (Å²) in [6.45, 7) is -0.562. The van der Waals surface area contributed by atoms with E-state index in [0.29, 0.717) is 0 Å². The van der Waals surface area contributed by atoms with Gasteiger partial charge in [-0.2, -0.15) is 0 Å². The van der Waals surface area contributed by atoms with E-state index < -0.39 is 43.5 Å². The van der Waals surface area contributed by atoms with Crippen molar-refractivity contribution in [2.45, 2.75) is 30.8 Å². The molecule has 2 aromatic carbocycles. The van der Waals surface area contributed by atoms with Crippen LogP contribution >= 0.6 is 0 Å². The van der Waals surface area contributed by atoms with Gasteiger partial charge in [0.15, 0.2) is 0 Å². The number of carbonyl (C=O) groups is 2. The summed E-state index contributed by atoms with van der Waals surface area (Å²) in [7, 11) is 0. The maximum Gasteiger partial charge on any atom is 0.522 e. The maximum atomic E-state index is 12.6. The zero-order valence-corrected chi connectivity index (χ0v) is 15.6. The van der Waals surface area contributed by atoms with Crippen LogP contribution in [-0.4, -0.2) is 53.7 Å². The monoisotopic (exact) mass is 421 g/mol. The molecule has 1 N–H and O–H groups in total. The molecule has 2 aromatic rings. The molecule has 30 heavy (non-hydrogen) atoms. The molecular weight excluding hydrogens is 403 g/mol. The van der Waals surface area contributed by atoms with Crippen LogP contribution in [0.25, 0.3) is 11.1 Å². The number of benzene rings is 2. The number of fused-ring (bicyclic) bond motifs is 3. The minimum atomic E-state index is -4.91. The fourth-order valence-corrected chi connectivity index (χ4v) is 4.18. The molecule has 1 aliphatic heterocycles. The van der Waals surface area contributed by atoms with Crippen LogP contribution in [0.3, 0.4) is 0 Å². The highest BCUT2D eigenvalue weighted by molar-refractivity contribution is 5.81. The maximum absolute atomic E-state index is 12.6. The Balaban J connectivity index is 1.48. The van der Waals surface area contributed by atoms with Crippen LogP contribution in [0, 0.1) is 0 Å². The Morgan fingerprint density at radius 1 is 1.03 bits per heavy atom. The molecule has 0 spiro atoms. The predicted molar refractivity (Wildman–Crippen MR) is 98.7 cm³/mol. The van der Waals surface area contributed by atoms with Crippen LogP contribution in [-0.2, 0) is 14.3 Å². The van der Waals surface area contributed by atoms with Gasteiger partial charge in [0, 0.05) is 12.3 Å². The van der Waals surface area contributed by atoms with Crippen molar-refractivity contribution in [3.63, 3.8) is 0 Å². The van der Waals surface area contributed by atoms with Gasteiger partial charge in [-0.3, -0.25) is 9.64 Å². The lowest BCUT2D eigenvalue weighted by atomic mass is 9.98. The number of alkyl halides is 3. The highest BCUT2D eigenvalue weighted by Gasteiger charge is 2.45. The quantitative estimate of drug-likeness (QED) is 0.808. The van der Waals surface area contributed by atoms with Crippen molar-refractivity contribution >= 4 is 12.1 Å². The SMILES string of the molecule is O=C(O)[C@H]1C[C@H](OC(F)(F)F)CN1C(=O)OCC1c2ccccc2-c2ccccc21. The zero-order chi connectivity index (χ0) is 21.5. The number of hydrogen-bond acceptors (Lipinski definition) is 4. The van der Waals surface area contributed by atoms with Gasteiger partial charge in [-0.25, -0.2) is 9.59 Å². The van der Waals surface area contributed by atoms with Gasteiger partial charge in [-0.1, -0.05) is 48.5 Å². The summed E-state index contributed by atoms with van der Waals surface area (Å²) in [5, 5.41) is 9.30. The van der Waals surface area contributed by atoms with Gasteiger partial charge in [-0.05, 0) is 22.3 Å². The van der Waals surface area contributed by atoms with E-state index in [1.54, 1.807) is 0 Å². The number of likely N-dealkylation sites (tertiary alicyclic amines) is 1. The Bertz CT molecular complexity index is 932. The molecule has 4 rings (SSSR count). The second kappa shape index (κ2) is 7.64. The third-order valence-electron chi connectivity index (χ3n) is 5.42. The molecule has 0 saturated carbocycles. The first-order valence-electron chi connectivity index (χ1n) is 9.33. The first-order valence-corrected chi connectivity index (χ1v) is 9.33. The molecule has 1 aliphatic carbocycles. The van der Waals surface area contributed by atoms with E-state index in [4.69, 9.17) is 4.74 Å². The van der Waals surface area contributed by atoms with Crippen molar-refractivity contribution in [2.75, 3.05) is 13.2 Å². The summed E-state index contributed by atoms with van der Waals surface area (Å²) in [6, 6.07) is 13.9. The summed E-state index contributed by atoms with van der Waals surface area (Å²) in [5.74, 6) is -1.65. The van der Waals surface area contributed by atoms with Crippen LogP contribution in [0.4, 0.5) is 18.0 Å². The third kappa shape index (κ3) is 3.85. The Morgan fingerprint density at radius 3 is 2.13 bits per heavy atom. The molecule has 158 valence electrons. The van der Waals surface area contributed by atoms with E-state index in [2.05, 4.69) is 4.74 Å². The van der Waals surface area contributed by atoms with Crippen LogP contribution in [0.15, 0.2) is 48.5 Å². The number of halogens is 3. The van der Waals surface area contributed by atoms with Crippen molar-refractivity contribution < 1.29 is 37.3 Å². The number of carboxylic acids is 1. The lowest BCUT2D eigenvalue weighted by molar-refractivity contribution is -0.340. The molecule has 0 aromatic heterocycles. The minimum absolute atomic E-state index is 0.0551. The van der Waals surface area contributed by atoms with E-state index in [1.165, 1.54) is 0 Å². The second-order valence-electron chi connectivity index (χ2n) is 7.23. The Morgan fingerprint density at radius 2 is 1.60 bits per heavy atom. The molecule has 1 amide bonds. The smallest absolute Gasteiger partial charge is 0.480 e. The largest absolute Gasteiger partial charge is 0.522 e. The van der Waals surface area contributed by atoms with Crippen molar-refractivity contribution in [3.05, 3.63) is 59.7 Å². The van der Waals surface area contributed by atoms with Crippen molar-refractivity contribution in [2.24, 2.45) is 0 Å². The minimum Gasteiger partial charge on any atom is -0.480 e. The molecule has 1 saturated heterocycles. The van der Waals surface area contributed by atoms with Crippen molar-refractivity contribution in [3.8, 4) is 11.1 Å². The van der Waals surface area contributed by atoms with Gasteiger partial charge in [0.25, 0.3) is 0 Å². The van der Waals surface area contributed by atoms with E-state index >= 15 is 0 Å². The number of carboxylic acid groups (broad SMARTS) is 1. The molecule has 2 atom stereocenters. The number of nitrogens with zero attached hydrogens (tertiary/aromatic N) is 1. The first-order chi connectivity index (χ1) is 14.2. The molecular formula is C21H18F3NO5. The molecule has 0 radical (unpaired) electrons. The number of amides is 1. The van der Waals surface area contributed by atoms with Gasteiger partial charge < -0.3 is 9.84 Å². The molecule has 1 fully saturated rings. The lowest BCUT2D eigenvalue weighted by Gasteiger charge is -2.22. The first kappa shape index (κ1) is 20.2. The number of hydrogen-bond donors (Lipinski definition) is 1. The van der Waals surface area contributed by atoms with Gasteiger partial charge in [0.05, 0.1) is 12.6 Å². The molecule has 9 heteroatoms. The summed E-state index contributed by atoms with van der Waals surface area (Å²) in [5.41, 5.74) is 4.00.